The molecular weight excluding hydrogens is 441 g/mol. The Bertz CT molecular complexity index is 1050. The number of aryl methyl sites for hydroxylation is 1. The number of halogens is 2. The molecule has 1 atom stereocenters. The fraction of sp³-hybridized carbons (Fsp3) is 0.304. The van der Waals surface area contributed by atoms with E-state index < -0.39 is 17.7 Å². The van der Waals surface area contributed by atoms with E-state index in [1.54, 1.807) is 57.5 Å². The number of ether oxygens (including phenoxy) is 2. The molecule has 8 heteroatoms. The minimum Gasteiger partial charge on any atom is -0.507 e. The number of nitrogens with zero attached hydrogens (tertiary/aromatic N) is 1. The highest BCUT2D eigenvalue weighted by molar-refractivity contribution is 6.47. The zero-order chi connectivity index (χ0) is 22.7. The molecule has 1 fully saturated rings. The van der Waals surface area contributed by atoms with Crippen molar-refractivity contribution in [2.45, 2.75) is 19.4 Å². The summed E-state index contributed by atoms with van der Waals surface area (Å²) < 4.78 is 10.3. The number of hydrogen-bond acceptors (Lipinski definition) is 5. The second-order valence-electron chi connectivity index (χ2n) is 7.19. The van der Waals surface area contributed by atoms with Gasteiger partial charge in [0.15, 0.2) is 0 Å². The monoisotopic (exact) mass is 463 g/mol. The number of benzene rings is 2. The highest BCUT2D eigenvalue weighted by Gasteiger charge is 2.46. The molecule has 1 N–H and O–H groups in total. The van der Waals surface area contributed by atoms with Gasteiger partial charge < -0.3 is 19.5 Å². The Balaban J connectivity index is 2.18. The molecule has 31 heavy (non-hydrogen) atoms. The van der Waals surface area contributed by atoms with Crippen LogP contribution in [-0.2, 0) is 14.3 Å². The molecule has 2 aromatic rings. The topological polar surface area (TPSA) is 76.1 Å². The summed E-state index contributed by atoms with van der Waals surface area (Å²) >= 11 is 12.5. The molecule has 0 saturated carbocycles. The van der Waals surface area contributed by atoms with Crippen molar-refractivity contribution in [1.82, 2.24) is 4.90 Å². The van der Waals surface area contributed by atoms with Crippen LogP contribution >= 0.6 is 23.2 Å². The van der Waals surface area contributed by atoms with Crippen molar-refractivity contribution >= 4 is 40.7 Å². The molecule has 6 nitrogen and oxygen atoms in total. The number of aliphatic hydroxyl groups excluding tert-OH is 1. The highest BCUT2D eigenvalue weighted by atomic mass is 35.5. The Kier molecular flexibility index (Phi) is 7.26. The fourth-order valence-electron chi connectivity index (χ4n) is 3.71. The lowest BCUT2D eigenvalue weighted by molar-refractivity contribution is -0.140. The van der Waals surface area contributed by atoms with Crippen molar-refractivity contribution in [2.24, 2.45) is 0 Å². The summed E-state index contributed by atoms with van der Waals surface area (Å²) in [5.74, 6) is -1.10. The zero-order valence-corrected chi connectivity index (χ0v) is 19.0. The molecule has 1 aliphatic heterocycles. The first kappa shape index (κ1) is 23.1. The van der Waals surface area contributed by atoms with E-state index in [0.717, 1.165) is 0 Å². The zero-order valence-electron chi connectivity index (χ0n) is 17.4. The van der Waals surface area contributed by atoms with Gasteiger partial charge >= 0.3 is 0 Å². The molecule has 1 aliphatic rings. The Hall–Kier alpha value is -2.54. The number of carbonyl (C=O) groups excluding carboxylic acids is 2. The summed E-state index contributed by atoms with van der Waals surface area (Å²) in [6.45, 7) is 2.47. The average molecular weight is 464 g/mol. The summed E-state index contributed by atoms with van der Waals surface area (Å²) in [5.41, 5.74) is 1.63. The van der Waals surface area contributed by atoms with Gasteiger partial charge in [0.2, 0.25) is 0 Å². The van der Waals surface area contributed by atoms with Crippen LogP contribution in [0, 0.1) is 6.92 Å². The fourth-order valence-corrected chi connectivity index (χ4v) is 4.22. The minimum atomic E-state index is -0.844. The van der Waals surface area contributed by atoms with Crippen LogP contribution in [0.5, 0.6) is 5.75 Å². The van der Waals surface area contributed by atoms with Crippen LogP contribution in [0.1, 0.15) is 29.2 Å². The maximum absolute atomic E-state index is 13.0. The largest absolute Gasteiger partial charge is 0.507 e. The van der Waals surface area contributed by atoms with E-state index in [9.17, 15) is 14.7 Å². The lowest BCUT2D eigenvalue weighted by atomic mass is 9.93. The van der Waals surface area contributed by atoms with Crippen LogP contribution in [0.3, 0.4) is 0 Å². The Morgan fingerprint density at radius 1 is 1.13 bits per heavy atom. The van der Waals surface area contributed by atoms with Gasteiger partial charge in [-0.15, -0.1) is 0 Å². The molecule has 0 aliphatic carbocycles. The van der Waals surface area contributed by atoms with E-state index in [0.29, 0.717) is 45.5 Å². The van der Waals surface area contributed by atoms with Crippen molar-refractivity contribution in [3.8, 4) is 5.75 Å². The third kappa shape index (κ3) is 4.56. The van der Waals surface area contributed by atoms with Crippen LogP contribution in [0.4, 0.5) is 0 Å². The Labute approximate surface area is 191 Å². The molecule has 0 unspecified atom stereocenters. The summed E-state index contributed by atoms with van der Waals surface area (Å²) in [6.07, 6.45) is 0.521. The van der Waals surface area contributed by atoms with Gasteiger partial charge in [0, 0.05) is 35.9 Å². The van der Waals surface area contributed by atoms with Gasteiger partial charge in [-0.3, -0.25) is 9.59 Å². The molecule has 2 aromatic carbocycles. The quantitative estimate of drug-likeness (QED) is 0.277. The third-order valence-electron chi connectivity index (χ3n) is 5.23. The third-order valence-corrected chi connectivity index (χ3v) is 5.80. The van der Waals surface area contributed by atoms with Gasteiger partial charge in [-0.2, -0.15) is 0 Å². The summed E-state index contributed by atoms with van der Waals surface area (Å²) in [4.78, 5) is 27.3. The molecule has 0 radical (unpaired) electrons. The first-order valence-corrected chi connectivity index (χ1v) is 10.4. The first-order valence-electron chi connectivity index (χ1n) is 9.67. The average Bonchev–Trinajstić information content (AvgIpc) is 2.98. The van der Waals surface area contributed by atoms with Crippen molar-refractivity contribution in [3.05, 3.63) is 68.7 Å². The van der Waals surface area contributed by atoms with Crippen molar-refractivity contribution in [3.63, 3.8) is 0 Å². The molecule has 164 valence electrons. The second-order valence-corrected chi connectivity index (χ2v) is 8.03. The molecule has 0 bridgehead atoms. The number of ketones is 1. The van der Waals surface area contributed by atoms with Crippen LogP contribution < -0.4 is 4.74 Å². The van der Waals surface area contributed by atoms with Crippen LogP contribution in [0.15, 0.2) is 42.0 Å². The van der Waals surface area contributed by atoms with E-state index in [2.05, 4.69) is 0 Å². The Morgan fingerprint density at radius 2 is 1.87 bits per heavy atom. The maximum atomic E-state index is 13.0. The molecule has 1 heterocycles. The van der Waals surface area contributed by atoms with Crippen LogP contribution in [-0.4, -0.2) is 49.1 Å². The summed E-state index contributed by atoms with van der Waals surface area (Å²) in [7, 11) is 3.11. The molecule has 3 rings (SSSR count). The molecular formula is C23H23Cl2NO5. The highest BCUT2D eigenvalue weighted by Crippen LogP contribution is 2.43. The lowest BCUT2D eigenvalue weighted by Gasteiger charge is -2.26. The predicted molar refractivity (Wildman–Crippen MR) is 120 cm³/mol. The van der Waals surface area contributed by atoms with Crippen LogP contribution in [0.25, 0.3) is 5.76 Å². The summed E-state index contributed by atoms with van der Waals surface area (Å²) in [5, 5.41) is 11.9. The number of rotatable bonds is 7. The maximum Gasteiger partial charge on any atom is 0.295 e. The van der Waals surface area contributed by atoms with Gasteiger partial charge in [-0.25, -0.2) is 0 Å². The van der Waals surface area contributed by atoms with Crippen LogP contribution in [0.2, 0.25) is 10.0 Å². The van der Waals surface area contributed by atoms with Gasteiger partial charge in [-0.05, 0) is 54.8 Å². The molecule has 1 saturated heterocycles. The van der Waals surface area contributed by atoms with E-state index >= 15 is 0 Å². The second kappa shape index (κ2) is 9.73. The van der Waals surface area contributed by atoms with E-state index in [1.165, 1.54) is 4.90 Å². The standard InChI is InChI=1S/C23H23Cl2NO5/c1-13-11-15(31-3)6-8-16(13)21(27)19-20(17-7-5-14(24)12-18(17)25)26(9-4-10-30-2)23(29)22(19)28/h5-8,11-12,20,27H,4,9-10H2,1-3H3/b21-19+/t20-/m1/s1. The van der Waals surface area contributed by atoms with E-state index in [4.69, 9.17) is 32.7 Å². The van der Waals surface area contributed by atoms with Gasteiger partial charge in [-0.1, -0.05) is 29.3 Å². The predicted octanol–water partition coefficient (Wildman–Crippen LogP) is 4.77. The number of Topliss-reactive ketones (excluding diaryl/α,β-unsaturated/α-hetero) is 1. The Morgan fingerprint density at radius 3 is 2.48 bits per heavy atom. The lowest BCUT2D eigenvalue weighted by Crippen LogP contribution is -2.31. The minimum absolute atomic E-state index is 0.0140. The molecule has 0 aromatic heterocycles. The van der Waals surface area contributed by atoms with Gasteiger partial charge in [0.1, 0.15) is 11.5 Å². The van der Waals surface area contributed by atoms with Crippen molar-refractivity contribution < 1.29 is 24.2 Å². The smallest absolute Gasteiger partial charge is 0.295 e. The van der Waals surface area contributed by atoms with Crippen molar-refractivity contribution in [1.29, 1.82) is 0 Å². The normalized spacial score (nSPS) is 18.0. The van der Waals surface area contributed by atoms with Gasteiger partial charge in [0.05, 0.1) is 18.7 Å². The number of methoxy groups -OCH3 is 2. The molecule has 0 spiro atoms. The van der Waals surface area contributed by atoms with Gasteiger partial charge in [0.25, 0.3) is 11.7 Å². The number of likely N-dealkylation sites (tertiary alicyclic amines) is 1. The van der Waals surface area contributed by atoms with E-state index in [-0.39, 0.29) is 17.9 Å². The number of amides is 1. The number of carbonyl (C=O) groups is 2. The first-order chi connectivity index (χ1) is 14.8. The summed E-state index contributed by atoms with van der Waals surface area (Å²) in [6, 6.07) is 9.09. The molecule has 1 amide bonds. The SMILES string of the molecule is COCCCN1C(=O)C(=O)/C(=C(/O)c2ccc(OC)cc2C)[C@H]1c1ccc(Cl)cc1Cl. The number of aliphatic hydroxyl groups is 1. The van der Waals surface area contributed by atoms with E-state index in [1.807, 2.05) is 0 Å². The van der Waals surface area contributed by atoms with Crippen molar-refractivity contribution in [2.75, 3.05) is 27.4 Å². The number of hydrogen-bond donors (Lipinski definition) is 1.